The molecule has 7 heteroatoms. The Morgan fingerprint density at radius 2 is 2.31 bits per heavy atom. The minimum absolute atomic E-state index is 0.0204. The Balaban J connectivity index is 1.43. The van der Waals surface area contributed by atoms with Crippen molar-refractivity contribution in [1.82, 2.24) is 20.2 Å². The third kappa shape index (κ3) is 3.46. The van der Waals surface area contributed by atoms with Crippen molar-refractivity contribution in [2.75, 3.05) is 19.6 Å². The van der Waals surface area contributed by atoms with Crippen molar-refractivity contribution in [3.8, 4) is 0 Å². The number of hydrogen-bond acceptors (Lipinski definition) is 5. The number of rotatable bonds is 5. The molecule has 1 fully saturated rings. The van der Waals surface area contributed by atoms with Crippen molar-refractivity contribution in [3.05, 3.63) is 50.3 Å². The van der Waals surface area contributed by atoms with Crippen molar-refractivity contribution < 1.29 is 4.79 Å². The van der Waals surface area contributed by atoms with Gasteiger partial charge in [0.2, 0.25) is 5.91 Å². The molecule has 2 N–H and O–H groups in total. The van der Waals surface area contributed by atoms with Gasteiger partial charge in [-0.25, -0.2) is 4.98 Å². The maximum Gasteiger partial charge on any atom is 0.251 e. The zero-order chi connectivity index (χ0) is 18.1. The number of piperidine rings is 1. The first-order chi connectivity index (χ1) is 12.6. The van der Waals surface area contributed by atoms with Gasteiger partial charge in [-0.05, 0) is 31.7 Å². The van der Waals surface area contributed by atoms with Gasteiger partial charge in [-0.1, -0.05) is 6.07 Å². The largest absolute Gasteiger partial charge is 0.354 e. The van der Waals surface area contributed by atoms with E-state index in [4.69, 9.17) is 0 Å². The van der Waals surface area contributed by atoms with Crippen LogP contribution < -0.4 is 16.2 Å². The van der Waals surface area contributed by atoms with Crippen molar-refractivity contribution in [3.63, 3.8) is 0 Å². The number of amides is 1. The van der Waals surface area contributed by atoms with Crippen LogP contribution in [0.4, 0.5) is 0 Å². The Morgan fingerprint density at radius 1 is 1.42 bits per heavy atom. The molecule has 2 aromatic rings. The SMILES string of the molecule is Cc1nc(CCC(=O)NC[C@H]2[C@@H]3CNC[C@@H](C3)c3cccc(=O)n32)cs1. The maximum absolute atomic E-state index is 12.5. The third-order valence-corrected chi connectivity index (χ3v) is 6.31. The summed E-state index contributed by atoms with van der Waals surface area (Å²) < 4.78 is 1.92. The Hall–Kier alpha value is -1.99. The Morgan fingerprint density at radius 3 is 3.12 bits per heavy atom. The standard InChI is InChI=1S/C19H24N4O2S/c1-12-22-15(11-26-12)5-6-18(24)21-10-17-14-7-13(8-20-9-14)16-3-2-4-19(25)23(16)17/h2-4,11,13-14,17,20H,5-10H2,1H3,(H,21,24)/t13-,14+,17+/m1/s1. The minimum atomic E-state index is 0.0204. The fraction of sp³-hybridized carbons (Fsp3) is 0.526. The first kappa shape index (κ1) is 17.4. The van der Waals surface area contributed by atoms with Gasteiger partial charge in [-0.3, -0.25) is 9.59 Å². The molecule has 4 rings (SSSR count). The number of nitrogens with one attached hydrogen (secondary N) is 2. The molecular weight excluding hydrogens is 348 g/mol. The number of carbonyl (C=O) groups excluding carboxylic acids is 1. The van der Waals surface area contributed by atoms with Crippen LogP contribution in [-0.2, 0) is 11.2 Å². The highest BCUT2D eigenvalue weighted by molar-refractivity contribution is 7.09. The molecule has 0 aliphatic carbocycles. The molecule has 2 aliphatic heterocycles. The van der Waals surface area contributed by atoms with E-state index < -0.39 is 0 Å². The topological polar surface area (TPSA) is 76.0 Å². The van der Waals surface area contributed by atoms with E-state index in [0.717, 1.165) is 35.9 Å². The van der Waals surface area contributed by atoms with Crippen LogP contribution in [0.2, 0.25) is 0 Å². The van der Waals surface area contributed by atoms with Crippen LogP contribution in [0.15, 0.2) is 28.4 Å². The van der Waals surface area contributed by atoms with Crippen LogP contribution in [0.5, 0.6) is 0 Å². The highest BCUT2D eigenvalue weighted by atomic mass is 32.1. The van der Waals surface area contributed by atoms with Gasteiger partial charge >= 0.3 is 0 Å². The molecule has 1 amide bonds. The summed E-state index contributed by atoms with van der Waals surface area (Å²) in [7, 11) is 0. The summed E-state index contributed by atoms with van der Waals surface area (Å²) in [6.45, 7) is 4.30. The van der Waals surface area contributed by atoms with E-state index in [1.807, 2.05) is 22.9 Å². The molecule has 6 nitrogen and oxygen atoms in total. The average Bonchev–Trinajstić information content (AvgIpc) is 3.06. The Kier molecular flexibility index (Phi) is 4.91. The number of nitrogens with zero attached hydrogens (tertiary/aromatic N) is 2. The van der Waals surface area contributed by atoms with E-state index in [-0.39, 0.29) is 17.5 Å². The number of aromatic nitrogens is 2. The number of aryl methyl sites for hydroxylation is 2. The predicted molar refractivity (Wildman–Crippen MR) is 102 cm³/mol. The quantitative estimate of drug-likeness (QED) is 0.836. The van der Waals surface area contributed by atoms with Gasteiger partial charge in [0.15, 0.2) is 0 Å². The highest BCUT2D eigenvalue weighted by Gasteiger charge is 2.37. The molecular formula is C19H24N4O2S. The second-order valence-corrected chi connectivity index (χ2v) is 8.30. The van der Waals surface area contributed by atoms with E-state index in [1.165, 1.54) is 0 Å². The minimum Gasteiger partial charge on any atom is -0.354 e. The van der Waals surface area contributed by atoms with Crippen LogP contribution in [0.25, 0.3) is 0 Å². The number of hydrogen-bond donors (Lipinski definition) is 2. The monoisotopic (exact) mass is 372 g/mol. The second-order valence-electron chi connectivity index (χ2n) is 7.24. The zero-order valence-electron chi connectivity index (χ0n) is 14.9. The summed E-state index contributed by atoms with van der Waals surface area (Å²) in [4.78, 5) is 29.2. The number of thiazole rings is 1. The first-order valence-corrected chi connectivity index (χ1v) is 10.1. The maximum atomic E-state index is 12.5. The van der Waals surface area contributed by atoms with E-state index in [0.29, 0.717) is 31.2 Å². The molecule has 0 unspecified atom stereocenters. The molecule has 138 valence electrons. The lowest BCUT2D eigenvalue weighted by atomic mass is 9.79. The highest BCUT2D eigenvalue weighted by Crippen LogP contribution is 2.38. The Bertz CT molecular complexity index is 859. The lowest BCUT2D eigenvalue weighted by molar-refractivity contribution is -0.121. The molecule has 0 spiro atoms. The Labute approximate surface area is 156 Å². The molecule has 2 aromatic heterocycles. The molecule has 26 heavy (non-hydrogen) atoms. The van der Waals surface area contributed by atoms with Gasteiger partial charge in [0.25, 0.3) is 5.56 Å². The molecule has 2 bridgehead atoms. The van der Waals surface area contributed by atoms with Crippen LogP contribution in [0.1, 0.15) is 41.2 Å². The smallest absolute Gasteiger partial charge is 0.251 e. The van der Waals surface area contributed by atoms with Gasteiger partial charge in [0.1, 0.15) is 0 Å². The lowest BCUT2D eigenvalue weighted by Crippen LogP contribution is -2.50. The van der Waals surface area contributed by atoms with Gasteiger partial charge < -0.3 is 15.2 Å². The molecule has 0 aromatic carbocycles. The van der Waals surface area contributed by atoms with E-state index >= 15 is 0 Å². The van der Waals surface area contributed by atoms with Gasteiger partial charge in [-0.2, -0.15) is 0 Å². The van der Waals surface area contributed by atoms with Crippen LogP contribution >= 0.6 is 11.3 Å². The molecule has 0 saturated carbocycles. The van der Waals surface area contributed by atoms with Gasteiger partial charge in [-0.15, -0.1) is 11.3 Å². The van der Waals surface area contributed by atoms with Crippen molar-refractivity contribution >= 4 is 17.2 Å². The zero-order valence-corrected chi connectivity index (χ0v) is 15.7. The average molecular weight is 372 g/mol. The summed E-state index contributed by atoms with van der Waals surface area (Å²) >= 11 is 1.61. The fourth-order valence-corrected chi connectivity index (χ4v) is 4.89. The van der Waals surface area contributed by atoms with Crippen molar-refractivity contribution in [2.24, 2.45) is 5.92 Å². The van der Waals surface area contributed by atoms with E-state index in [9.17, 15) is 9.59 Å². The van der Waals surface area contributed by atoms with Gasteiger partial charge in [0.05, 0.1) is 16.7 Å². The van der Waals surface area contributed by atoms with Crippen molar-refractivity contribution in [1.29, 1.82) is 0 Å². The lowest BCUT2D eigenvalue weighted by Gasteiger charge is -2.43. The summed E-state index contributed by atoms with van der Waals surface area (Å²) in [6, 6.07) is 5.54. The van der Waals surface area contributed by atoms with Crippen LogP contribution in [-0.4, -0.2) is 35.1 Å². The fourth-order valence-electron chi connectivity index (χ4n) is 4.24. The van der Waals surface area contributed by atoms with E-state index in [1.54, 1.807) is 17.4 Å². The molecule has 3 atom stereocenters. The van der Waals surface area contributed by atoms with Crippen LogP contribution in [0, 0.1) is 12.8 Å². The second kappa shape index (κ2) is 7.32. The number of fused-ring (bicyclic) bond motifs is 4. The molecule has 0 radical (unpaired) electrons. The number of carbonyl (C=O) groups is 1. The summed E-state index contributed by atoms with van der Waals surface area (Å²) in [6.07, 6.45) is 2.16. The summed E-state index contributed by atoms with van der Waals surface area (Å²) in [5, 5.41) is 9.56. The molecule has 1 saturated heterocycles. The summed E-state index contributed by atoms with van der Waals surface area (Å²) in [5.74, 6) is 0.789. The van der Waals surface area contributed by atoms with E-state index in [2.05, 4.69) is 21.7 Å². The third-order valence-electron chi connectivity index (χ3n) is 5.48. The molecule has 4 heterocycles. The summed E-state index contributed by atoms with van der Waals surface area (Å²) in [5.41, 5.74) is 2.11. The van der Waals surface area contributed by atoms with Crippen LogP contribution in [0.3, 0.4) is 0 Å². The number of pyridine rings is 1. The predicted octanol–water partition coefficient (Wildman–Crippen LogP) is 1.61. The first-order valence-electron chi connectivity index (χ1n) is 9.21. The molecule has 2 aliphatic rings. The van der Waals surface area contributed by atoms with Gasteiger partial charge in [0, 0.05) is 49.1 Å². The normalized spacial score (nSPS) is 24.1. The van der Waals surface area contributed by atoms with Crippen molar-refractivity contribution in [2.45, 2.75) is 38.1 Å².